The van der Waals surface area contributed by atoms with Gasteiger partial charge in [-0.3, -0.25) is 9.13 Å². The van der Waals surface area contributed by atoms with Crippen molar-refractivity contribution >= 4 is 5.69 Å². The summed E-state index contributed by atoms with van der Waals surface area (Å²) in [6.45, 7) is 4.94. The Morgan fingerprint density at radius 2 is 2.04 bits per heavy atom. The van der Waals surface area contributed by atoms with E-state index in [0.29, 0.717) is 6.04 Å². The van der Waals surface area contributed by atoms with Crippen LogP contribution in [0.25, 0.3) is 5.69 Å². The Morgan fingerprint density at radius 1 is 1.21 bits per heavy atom. The van der Waals surface area contributed by atoms with Crippen LogP contribution in [-0.2, 0) is 6.54 Å². The average Bonchev–Trinajstić information content (AvgIpc) is 2.90. The Kier molecular flexibility index (Phi) is 3.87. The SMILES string of the molecule is CN/C=C\N1C2=CN(Cc3cc(-n4ccn(C5CN(C)C5)c4=O)ccc31)C2C. The molecular weight excluding hydrogens is 352 g/mol. The van der Waals surface area contributed by atoms with Gasteiger partial charge in [0.2, 0.25) is 0 Å². The van der Waals surface area contributed by atoms with E-state index in [1.807, 2.05) is 36.3 Å². The first kappa shape index (κ1) is 17.2. The molecule has 1 atom stereocenters. The van der Waals surface area contributed by atoms with Crippen molar-refractivity contribution < 1.29 is 0 Å². The standard InChI is InChI=1S/C21H26N6O/c1-15-20-14-24(15)11-16-10-17(4-5-19(16)27(20)7-6-22-2)25-8-9-26(21(25)28)18-12-23(3)13-18/h4-10,14-15,18,22H,11-13H2,1-3H3/b7-6-. The Labute approximate surface area is 164 Å². The molecular formula is C21H26N6O. The predicted molar refractivity (Wildman–Crippen MR) is 110 cm³/mol. The number of aromatic nitrogens is 2. The van der Waals surface area contributed by atoms with Gasteiger partial charge in [-0.05, 0) is 37.7 Å². The fourth-order valence-corrected chi connectivity index (χ4v) is 4.36. The number of nitrogens with one attached hydrogen (secondary N) is 1. The van der Waals surface area contributed by atoms with Crippen LogP contribution in [0.15, 0.2) is 59.7 Å². The van der Waals surface area contributed by atoms with E-state index in [2.05, 4.69) is 58.5 Å². The van der Waals surface area contributed by atoms with Crippen molar-refractivity contribution in [3.63, 3.8) is 0 Å². The first-order valence-electron chi connectivity index (χ1n) is 9.79. The third-order valence-corrected chi connectivity index (χ3v) is 6.09. The number of hydrogen-bond acceptors (Lipinski definition) is 5. The Morgan fingerprint density at radius 3 is 2.75 bits per heavy atom. The number of imidazole rings is 1. The maximum Gasteiger partial charge on any atom is 0.333 e. The first-order chi connectivity index (χ1) is 13.6. The molecule has 4 aliphatic rings. The summed E-state index contributed by atoms with van der Waals surface area (Å²) >= 11 is 0. The molecule has 7 heteroatoms. The highest BCUT2D eigenvalue weighted by Crippen LogP contribution is 2.39. The van der Waals surface area contributed by atoms with Gasteiger partial charge in [0.25, 0.3) is 0 Å². The van der Waals surface area contributed by atoms with Crippen LogP contribution in [0.1, 0.15) is 18.5 Å². The molecule has 0 spiro atoms. The molecule has 0 radical (unpaired) electrons. The molecule has 6 rings (SSSR count). The van der Waals surface area contributed by atoms with Gasteiger partial charge in [0.15, 0.2) is 0 Å². The molecule has 0 saturated carbocycles. The maximum absolute atomic E-state index is 12.9. The monoisotopic (exact) mass is 378 g/mol. The molecule has 2 bridgehead atoms. The summed E-state index contributed by atoms with van der Waals surface area (Å²) in [7, 11) is 3.98. The Balaban J connectivity index is 1.51. The van der Waals surface area contributed by atoms with Gasteiger partial charge in [-0.1, -0.05) is 0 Å². The van der Waals surface area contributed by atoms with Crippen molar-refractivity contribution in [2.24, 2.45) is 0 Å². The van der Waals surface area contributed by atoms with Crippen LogP contribution < -0.4 is 15.9 Å². The summed E-state index contributed by atoms with van der Waals surface area (Å²) < 4.78 is 3.62. The highest BCUT2D eigenvalue weighted by atomic mass is 16.1. The molecule has 1 N–H and O–H groups in total. The van der Waals surface area contributed by atoms with Gasteiger partial charge in [0, 0.05) is 57.7 Å². The number of benzene rings is 1. The van der Waals surface area contributed by atoms with Crippen molar-refractivity contribution in [1.82, 2.24) is 24.3 Å². The van der Waals surface area contributed by atoms with Crippen LogP contribution in [0.5, 0.6) is 0 Å². The lowest BCUT2D eigenvalue weighted by molar-refractivity contribution is 0.138. The maximum atomic E-state index is 12.9. The highest BCUT2D eigenvalue weighted by Gasteiger charge is 2.34. The fraction of sp³-hybridized carbons (Fsp3) is 0.381. The van der Waals surface area contributed by atoms with Crippen LogP contribution in [0.4, 0.5) is 5.69 Å². The minimum atomic E-state index is 0.0394. The third-order valence-electron chi connectivity index (χ3n) is 6.09. The van der Waals surface area contributed by atoms with Gasteiger partial charge < -0.3 is 20.0 Å². The quantitative estimate of drug-likeness (QED) is 0.877. The van der Waals surface area contributed by atoms with Crippen molar-refractivity contribution in [3.8, 4) is 5.69 Å². The van der Waals surface area contributed by atoms with E-state index in [0.717, 1.165) is 25.3 Å². The number of nitrogens with zero attached hydrogens (tertiary/aromatic N) is 5. The second-order valence-corrected chi connectivity index (χ2v) is 7.92. The summed E-state index contributed by atoms with van der Waals surface area (Å²) in [5, 5.41) is 3.08. The molecule has 0 amide bonds. The highest BCUT2D eigenvalue weighted by molar-refractivity contribution is 5.66. The van der Waals surface area contributed by atoms with Gasteiger partial charge in [0.05, 0.1) is 29.2 Å². The second-order valence-electron chi connectivity index (χ2n) is 7.92. The molecule has 1 unspecified atom stereocenters. The molecule has 1 aromatic heterocycles. The number of anilines is 1. The summed E-state index contributed by atoms with van der Waals surface area (Å²) in [6.07, 6.45) is 10.0. The van der Waals surface area contributed by atoms with E-state index in [9.17, 15) is 4.79 Å². The van der Waals surface area contributed by atoms with Crippen LogP contribution in [0, 0.1) is 0 Å². The Bertz CT molecular complexity index is 1030. The van der Waals surface area contributed by atoms with Crippen LogP contribution in [0.3, 0.4) is 0 Å². The lowest BCUT2D eigenvalue weighted by atomic mass is 10.1. The molecule has 1 fully saturated rings. The molecule has 1 saturated heterocycles. The van der Waals surface area contributed by atoms with Crippen LogP contribution in [-0.4, -0.2) is 52.2 Å². The number of rotatable bonds is 4. The molecule has 5 heterocycles. The van der Waals surface area contributed by atoms with Crippen molar-refractivity contribution in [2.75, 3.05) is 32.1 Å². The molecule has 4 aliphatic heterocycles. The van der Waals surface area contributed by atoms with Gasteiger partial charge >= 0.3 is 5.69 Å². The smallest absolute Gasteiger partial charge is 0.333 e. The zero-order valence-electron chi connectivity index (χ0n) is 16.5. The second kappa shape index (κ2) is 6.31. The summed E-state index contributed by atoms with van der Waals surface area (Å²) in [5.41, 5.74) is 4.64. The lowest BCUT2D eigenvalue weighted by Gasteiger charge is -2.39. The van der Waals surface area contributed by atoms with Gasteiger partial charge in [-0.15, -0.1) is 0 Å². The first-order valence-corrected chi connectivity index (χ1v) is 9.79. The van der Waals surface area contributed by atoms with Crippen LogP contribution in [0.2, 0.25) is 0 Å². The number of likely N-dealkylation sites (tertiary alicyclic amines) is 1. The zero-order valence-corrected chi connectivity index (χ0v) is 16.5. The van der Waals surface area contributed by atoms with Gasteiger partial charge in [-0.25, -0.2) is 4.79 Å². The van der Waals surface area contributed by atoms with E-state index in [1.54, 1.807) is 4.57 Å². The molecule has 28 heavy (non-hydrogen) atoms. The fourth-order valence-electron chi connectivity index (χ4n) is 4.36. The van der Waals surface area contributed by atoms with Gasteiger partial charge in [-0.2, -0.15) is 0 Å². The third kappa shape index (κ3) is 2.50. The largest absolute Gasteiger partial charge is 0.393 e. The van der Waals surface area contributed by atoms with E-state index in [1.165, 1.54) is 16.9 Å². The van der Waals surface area contributed by atoms with Crippen LogP contribution >= 0.6 is 0 Å². The van der Waals surface area contributed by atoms with E-state index in [4.69, 9.17) is 0 Å². The normalized spacial score (nSPS) is 21.8. The minimum absolute atomic E-state index is 0.0394. The van der Waals surface area contributed by atoms with Gasteiger partial charge in [0.1, 0.15) is 0 Å². The van der Waals surface area contributed by atoms with E-state index < -0.39 is 0 Å². The molecule has 146 valence electrons. The molecule has 2 aromatic rings. The summed E-state index contributed by atoms with van der Waals surface area (Å²) in [5.74, 6) is 0. The van der Waals surface area contributed by atoms with Crippen molar-refractivity contribution in [1.29, 1.82) is 0 Å². The minimum Gasteiger partial charge on any atom is -0.393 e. The molecule has 1 aromatic carbocycles. The summed E-state index contributed by atoms with van der Waals surface area (Å²) in [4.78, 5) is 19.7. The lowest BCUT2D eigenvalue weighted by Crippen LogP contribution is -2.47. The average molecular weight is 378 g/mol. The zero-order chi connectivity index (χ0) is 19.4. The topological polar surface area (TPSA) is 48.7 Å². The van der Waals surface area contributed by atoms with E-state index >= 15 is 0 Å². The molecule has 0 aliphatic carbocycles. The predicted octanol–water partition coefficient (Wildman–Crippen LogP) is 1.68. The van der Waals surface area contributed by atoms with E-state index in [-0.39, 0.29) is 11.7 Å². The number of hydrogen-bond donors (Lipinski definition) is 1. The summed E-state index contributed by atoms with van der Waals surface area (Å²) in [6, 6.07) is 6.99. The number of likely N-dealkylation sites (N-methyl/N-ethyl adjacent to an activating group) is 1. The molecule has 7 nitrogen and oxygen atoms in total. The Hall–Kier alpha value is -2.93. The van der Waals surface area contributed by atoms with Crippen molar-refractivity contribution in [3.05, 3.63) is 70.9 Å². The van der Waals surface area contributed by atoms with Crippen molar-refractivity contribution in [2.45, 2.75) is 25.6 Å².